The molecule has 0 radical (unpaired) electrons. The van der Waals surface area contributed by atoms with Crippen molar-refractivity contribution in [1.29, 1.82) is 0 Å². The highest BCUT2D eigenvalue weighted by molar-refractivity contribution is 6.03. The van der Waals surface area contributed by atoms with Crippen LogP contribution in [0, 0.1) is 0 Å². The third-order valence-corrected chi connectivity index (χ3v) is 8.11. The second-order valence-electron chi connectivity index (χ2n) is 11.3. The van der Waals surface area contributed by atoms with Gasteiger partial charge in [-0.05, 0) is 91.9 Å². The molecule has 8 nitrogen and oxygen atoms in total. The molecule has 2 aliphatic rings. The number of ether oxygens (including phenoxy) is 1. The maximum Gasteiger partial charge on any atom is 0.258 e. The summed E-state index contributed by atoms with van der Waals surface area (Å²) < 4.78 is 6.01. The molecule has 0 aliphatic carbocycles. The zero-order valence-corrected chi connectivity index (χ0v) is 24.9. The number of para-hydroxylation sites is 2. The Morgan fingerprint density at radius 1 is 0.711 bits per heavy atom. The van der Waals surface area contributed by atoms with Crippen LogP contribution in [0.5, 0.6) is 11.5 Å². The van der Waals surface area contributed by atoms with E-state index < -0.39 is 6.04 Å². The van der Waals surface area contributed by atoms with E-state index in [1.54, 1.807) is 23.1 Å². The van der Waals surface area contributed by atoms with E-state index in [0.29, 0.717) is 35.7 Å². The molecular formula is C37H36N4O4. The summed E-state index contributed by atoms with van der Waals surface area (Å²) in [6, 6.07) is 31.1. The zero-order valence-electron chi connectivity index (χ0n) is 24.9. The highest BCUT2D eigenvalue weighted by atomic mass is 16.5. The fourth-order valence-corrected chi connectivity index (χ4v) is 5.70. The lowest BCUT2D eigenvalue weighted by Gasteiger charge is -2.25. The predicted molar refractivity (Wildman–Crippen MR) is 177 cm³/mol. The minimum absolute atomic E-state index is 0.00831. The van der Waals surface area contributed by atoms with Gasteiger partial charge in [0, 0.05) is 17.9 Å². The zero-order chi connectivity index (χ0) is 31.0. The average molecular weight is 601 g/mol. The van der Waals surface area contributed by atoms with Gasteiger partial charge in [0.2, 0.25) is 11.8 Å². The summed E-state index contributed by atoms with van der Waals surface area (Å²) in [5.41, 5.74) is 3.86. The van der Waals surface area contributed by atoms with Gasteiger partial charge < -0.3 is 25.6 Å². The first kappa shape index (κ1) is 29.8. The van der Waals surface area contributed by atoms with Crippen molar-refractivity contribution in [3.05, 3.63) is 120 Å². The number of anilines is 2. The molecule has 2 aliphatic heterocycles. The van der Waals surface area contributed by atoms with Crippen LogP contribution < -0.4 is 20.7 Å². The summed E-state index contributed by atoms with van der Waals surface area (Å²) in [6.07, 6.45) is 7.23. The molecule has 0 aromatic heterocycles. The number of carbonyl (C=O) groups is 3. The normalized spacial score (nSPS) is 17.7. The Hall–Kier alpha value is -5.21. The molecule has 4 aromatic carbocycles. The van der Waals surface area contributed by atoms with Crippen LogP contribution in [-0.4, -0.2) is 47.8 Å². The molecule has 228 valence electrons. The Balaban J connectivity index is 1.04. The first-order valence-electron chi connectivity index (χ1n) is 15.4. The van der Waals surface area contributed by atoms with E-state index in [1.807, 2.05) is 97.1 Å². The molecule has 2 atom stereocenters. The van der Waals surface area contributed by atoms with Gasteiger partial charge >= 0.3 is 0 Å². The smallest absolute Gasteiger partial charge is 0.258 e. The number of nitrogens with one attached hydrogen (secondary N) is 3. The van der Waals surface area contributed by atoms with E-state index in [1.165, 1.54) is 0 Å². The summed E-state index contributed by atoms with van der Waals surface area (Å²) >= 11 is 0. The van der Waals surface area contributed by atoms with Gasteiger partial charge in [-0.1, -0.05) is 66.7 Å². The van der Waals surface area contributed by atoms with Crippen LogP contribution in [0.15, 0.2) is 103 Å². The largest absolute Gasteiger partial charge is 0.457 e. The number of benzene rings is 4. The van der Waals surface area contributed by atoms with Crippen molar-refractivity contribution in [2.45, 2.75) is 37.8 Å². The van der Waals surface area contributed by atoms with Crippen molar-refractivity contribution in [1.82, 2.24) is 10.2 Å². The van der Waals surface area contributed by atoms with E-state index in [-0.39, 0.29) is 23.8 Å². The molecule has 0 unspecified atom stereocenters. The lowest BCUT2D eigenvalue weighted by molar-refractivity contribution is -0.120. The topological polar surface area (TPSA) is 99.8 Å². The van der Waals surface area contributed by atoms with Crippen molar-refractivity contribution < 1.29 is 19.1 Å². The summed E-state index contributed by atoms with van der Waals surface area (Å²) in [4.78, 5) is 40.9. The quantitative estimate of drug-likeness (QED) is 0.189. The number of likely N-dealkylation sites (tertiary alicyclic amines) is 1. The molecule has 0 saturated carbocycles. The van der Waals surface area contributed by atoms with E-state index >= 15 is 0 Å². The Morgan fingerprint density at radius 2 is 1.33 bits per heavy atom. The molecule has 0 spiro atoms. The Kier molecular flexibility index (Phi) is 9.32. The van der Waals surface area contributed by atoms with Crippen LogP contribution in [0.1, 0.15) is 47.2 Å². The summed E-state index contributed by atoms with van der Waals surface area (Å²) in [7, 11) is 0. The molecule has 45 heavy (non-hydrogen) atoms. The van der Waals surface area contributed by atoms with Gasteiger partial charge in [-0.25, -0.2) is 0 Å². The summed E-state index contributed by atoms with van der Waals surface area (Å²) in [6.45, 7) is 1.39. The first-order valence-corrected chi connectivity index (χ1v) is 15.4. The van der Waals surface area contributed by atoms with Gasteiger partial charge in [-0.3, -0.25) is 14.4 Å². The lowest BCUT2D eigenvalue weighted by atomic mass is 10.1. The van der Waals surface area contributed by atoms with Crippen LogP contribution in [0.4, 0.5) is 11.4 Å². The van der Waals surface area contributed by atoms with Crippen molar-refractivity contribution >= 4 is 41.2 Å². The number of hydrogen-bond acceptors (Lipinski definition) is 5. The summed E-state index contributed by atoms with van der Waals surface area (Å²) in [5.74, 6) is 0.682. The highest BCUT2D eigenvalue weighted by Gasteiger charge is 2.35. The molecule has 4 aromatic rings. The second-order valence-corrected chi connectivity index (χ2v) is 11.3. The molecule has 8 heteroatoms. The van der Waals surface area contributed by atoms with E-state index in [9.17, 15) is 14.4 Å². The van der Waals surface area contributed by atoms with Crippen LogP contribution in [0.3, 0.4) is 0 Å². The lowest BCUT2D eigenvalue weighted by Crippen LogP contribution is -2.43. The van der Waals surface area contributed by atoms with Crippen molar-refractivity contribution in [3.63, 3.8) is 0 Å². The minimum atomic E-state index is -0.566. The van der Waals surface area contributed by atoms with Crippen LogP contribution >= 0.6 is 0 Å². The molecule has 2 saturated heterocycles. The van der Waals surface area contributed by atoms with Gasteiger partial charge in [-0.15, -0.1) is 0 Å². The van der Waals surface area contributed by atoms with E-state index in [0.717, 1.165) is 42.6 Å². The molecule has 3 N–H and O–H groups in total. The van der Waals surface area contributed by atoms with Crippen LogP contribution in [0.2, 0.25) is 0 Å². The van der Waals surface area contributed by atoms with Gasteiger partial charge in [0.25, 0.3) is 5.91 Å². The maximum absolute atomic E-state index is 13.6. The second kappa shape index (κ2) is 14.1. The Morgan fingerprint density at radius 3 is 1.98 bits per heavy atom. The minimum Gasteiger partial charge on any atom is -0.457 e. The third kappa shape index (κ3) is 7.48. The number of amides is 3. The number of hydrogen-bond donors (Lipinski definition) is 3. The van der Waals surface area contributed by atoms with Crippen molar-refractivity contribution in [2.24, 2.45) is 0 Å². The van der Waals surface area contributed by atoms with Crippen molar-refractivity contribution in [3.8, 4) is 11.5 Å². The molecule has 2 heterocycles. The molecule has 2 fully saturated rings. The summed E-state index contributed by atoms with van der Waals surface area (Å²) in [5, 5.41) is 9.17. The fraction of sp³-hybridized carbons (Fsp3) is 0.216. The van der Waals surface area contributed by atoms with Gasteiger partial charge in [0.05, 0.1) is 11.6 Å². The molecule has 6 rings (SSSR count). The van der Waals surface area contributed by atoms with Crippen molar-refractivity contribution in [2.75, 3.05) is 23.7 Å². The molecule has 3 amide bonds. The first-order chi connectivity index (χ1) is 22.0. The Bertz CT molecular complexity index is 1660. The SMILES string of the molecule is O=C(Nc1ccc(/C=C/c2ccc(NC(=O)[C@@H]3CCCN3C(=O)c3ccccc3Oc3ccccc3)cc2)cc1)[C@@H]1CCCN1. The standard InChI is InChI=1S/C37H36N4O4/c42-35(32-11-6-24-38-32)39-28-20-16-26(17-21-28)14-15-27-18-22-29(23-19-27)40-36(43)33-12-7-25-41(33)37(44)31-10-4-5-13-34(31)45-30-8-2-1-3-9-30/h1-5,8-10,13-23,32-33,38H,6-7,11-12,24-25H2,(H,39,42)(H,40,43)/b15-14+/t32-,33-/m0/s1. The number of rotatable bonds is 9. The van der Waals surface area contributed by atoms with Crippen LogP contribution in [-0.2, 0) is 9.59 Å². The monoisotopic (exact) mass is 600 g/mol. The maximum atomic E-state index is 13.6. The molecular weight excluding hydrogens is 564 g/mol. The molecule has 0 bridgehead atoms. The number of nitrogens with zero attached hydrogens (tertiary/aromatic N) is 1. The van der Waals surface area contributed by atoms with Gasteiger partial charge in [0.1, 0.15) is 17.5 Å². The Labute approximate surface area is 263 Å². The van der Waals surface area contributed by atoms with E-state index in [4.69, 9.17) is 4.74 Å². The third-order valence-electron chi connectivity index (χ3n) is 8.11. The van der Waals surface area contributed by atoms with E-state index in [2.05, 4.69) is 16.0 Å². The van der Waals surface area contributed by atoms with Gasteiger partial charge in [0.15, 0.2) is 0 Å². The van der Waals surface area contributed by atoms with Crippen LogP contribution in [0.25, 0.3) is 12.2 Å². The van der Waals surface area contributed by atoms with Gasteiger partial charge in [-0.2, -0.15) is 0 Å². The number of carbonyl (C=O) groups excluding carboxylic acids is 3. The highest BCUT2D eigenvalue weighted by Crippen LogP contribution is 2.29. The average Bonchev–Trinajstić information content (AvgIpc) is 3.79. The predicted octanol–water partition coefficient (Wildman–Crippen LogP) is 6.58. The fourth-order valence-electron chi connectivity index (χ4n) is 5.70.